The summed E-state index contributed by atoms with van der Waals surface area (Å²) in [6.45, 7) is 8.31. The molecule has 1 saturated heterocycles. The molecule has 0 aliphatic carbocycles. The average Bonchev–Trinajstić information content (AvgIpc) is 3.50. The number of aromatic hydroxyl groups is 1. The Labute approximate surface area is 215 Å². The molecule has 1 atom stereocenters. The predicted molar refractivity (Wildman–Crippen MR) is 142 cm³/mol. The summed E-state index contributed by atoms with van der Waals surface area (Å²) >= 11 is 11.8. The first-order valence-electron chi connectivity index (χ1n) is 11.5. The van der Waals surface area contributed by atoms with Crippen LogP contribution in [0, 0.1) is 6.92 Å². The number of fused-ring (bicyclic) bond motifs is 1. The van der Waals surface area contributed by atoms with Crippen molar-refractivity contribution in [2.45, 2.75) is 33.2 Å². The number of phenolic OH excluding ortho intramolecular Hbond substituents is 1. The van der Waals surface area contributed by atoms with Gasteiger partial charge in [0, 0.05) is 30.7 Å². The number of allylic oxidation sites excluding steroid dienone is 2. The van der Waals surface area contributed by atoms with Crippen molar-refractivity contribution in [3.05, 3.63) is 76.2 Å². The van der Waals surface area contributed by atoms with E-state index in [0.29, 0.717) is 11.6 Å². The number of hydrogen-bond acceptors (Lipinski definition) is 6. The second-order valence-electron chi connectivity index (χ2n) is 7.75. The fraction of sp³-hybridized carbons (Fsp3) is 0.320. The van der Waals surface area contributed by atoms with Gasteiger partial charge in [0.15, 0.2) is 5.65 Å². The molecule has 0 radical (unpaired) electrons. The number of phenols is 1. The molecular formula is C25H30Cl2N6O2. The smallest absolute Gasteiger partial charge is 0.255 e. The standard InChI is InChI=1S/C18H17Cl2N5O2.C5H7N.C2H6/c1-10-8-21-15-2-3-16(23-25(10)15)24-5-4-12(9-24)22-18(27)13-6-11(19)7-14(20)17(13)26;1-2-4-6-5-3-1;1-2/h2-3,6-8,12,26H,4-5,9H2,1H3,(H,22,27);1-4,6H,5H2;1-2H3/t12-;;/m0../s1. The highest BCUT2D eigenvalue weighted by molar-refractivity contribution is 6.36. The predicted octanol–water partition coefficient (Wildman–Crippen LogP) is 4.74. The fourth-order valence-electron chi connectivity index (χ4n) is 3.64. The quantitative estimate of drug-likeness (QED) is 0.465. The van der Waals surface area contributed by atoms with Crippen LogP contribution in [-0.2, 0) is 0 Å². The molecule has 1 fully saturated rings. The van der Waals surface area contributed by atoms with Gasteiger partial charge in [0.05, 0.1) is 22.5 Å². The van der Waals surface area contributed by atoms with Crippen molar-refractivity contribution in [1.82, 2.24) is 25.2 Å². The molecule has 0 saturated carbocycles. The molecule has 4 heterocycles. The number of aryl methyl sites for hydroxylation is 1. The minimum Gasteiger partial charge on any atom is -0.506 e. The highest BCUT2D eigenvalue weighted by Gasteiger charge is 2.27. The minimum atomic E-state index is -0.405. The Morgan fingerprint density at radius 1 is 1.23 bits per heavy atom. The fourth-order valence-corrected chi connectivity index (χ4v) is 4.13. The van der Waals surface area contributed by atoms with Gasteiger partial charge >= 0.3 is 0 Å². The van der Waals surface area contributed by atoms with Gasteiger partial charge in [-0.15, -0.1) is 5.10 Å². The van der Waals surface area contributed by atoms with Crippen LogP contribution in [0.15, 0.2) is 54.9 Å². The van der Waals surface area contributed by atoms with Crippen LogP contribution in [0.3, 0.4) is 0 Å². The number of dihydropyridines is 1. The molecule has 0 bridgehead atoms. The van der Waals surface area contributed by atoms with Gasteiger partial charge in [-0.25, -0.2) is 9.50 Å². The Bertz CT molecular complexity index is 1210. The molecule has 186 valence electrons. The summed E-state index contributed by atoms with van der Waals surface area (Å²) in [4.78, 5) is 18.9. The molecule has 0 spiro atoms. The van der Waals surface area contributed by atoms with E-state index < -0.39 is 5.91 Å². The maximum Gasteiger partial charge on any atom is 0.255 e. The summed E-state index contributed by atoms with van der Waals surface area (Å²) < 4.78 is 1.80. The summed E-state index contributed by atoms with van der Waals surface area (Å²) in [5.41, 5.74) is 1.83. The van der Waals surface area contributed by atoms with Gasteiger partial charge in [-0.05, 0) is 49.9 Å². The van der Waals surface area contributed by atoms with Crippen molar-refractivity contribution in [3.63, 3.8) is 0 Å². The van der Waals surface area contributed by atoms with Crippen LogP contribution in [0.25, 0.3) is 5.65 Å². The van der Waals surface area contributed by atoms with Crippen molar-refractivity contribution < 1.29 is 9.90 Å². The molecule has 3 aromatic rings. The van der Waals surface area contributed by atoms with Gasteiger partial charge in [0.2, 0.25) is 0 Å². The molecule has 3 N–H and O–H groups in total. The van der Waals surface area contributed by atoms with Crippen LogP contribution in [0.5, 0.6) is 5.75 Å². The number of imidazole rings is 1. The Balaban J connectivity index is 0.000000369. The first kappa shape index (κ1) is 26.4. The number of rotatable bonds is 3. The third kappa shape index (κ3) is 6.68. The zero-order chi connectivity index (χ0) is 25.4. The number of hydrogen-bond donors (Lipinski definition) is 3. The normalized spacial score (nSPS) is 16.1. The third-order valence-electron chi connectivity index (χ3n) is 5.34. The highest BCUT2D eigenvalue weighted by Crippen LogP contribution is 2.31. The topological polar surface area (TPSA) is 94.8 Å². The minimum absolute atomic E-state index is 0.0499. The number of aromatic nitrogens is 3. The second kappa shape index (κ2) is 12.5. The van der Waals surface area contributed by atoms with Gasteiger partial charge < -0.3 is 20.6 Å². The lowest BCUT2D eigenvalue weighted by atomic mass is 10.1. The number of carbonyl (C=O) groups excluding carboxylic acids is 1. The molecule has 35 heavy (non-hydrogen) atoms. The zero-order valence-corrected chi connectivity index (χ0v) is 21.5. The molecule has 10 heteroatoms. The molecule has 1 aromatic carbocycles. The SMILES string of the molecule is C1=CCNC=C1.CC.Cc1cnc2ccc(N3CC[C@H](NC(=O)c4cc(Cl)cc(Cl)c4O)C3)nn12. The van der Waals surface area contributed by atoms with Gasteiger partial charge in [-0.1, -0.05) is 49.2 Å². The van der Waals surface area contributed by atoms with Gasteiger partial charge in [0.25, 0.3) is 5.91 Å². The van der Waals surface area contributed by atoms with E-state index in [9.17, 15) is 9.90 Å². The number of halogens is 2. The van der Waals surface area contributed by atoms with Crippen molar-refractivity contribution in [2.24, 2.45) is 0 Å². The van der Waals surface area contributed by atoms with Crippen LogP contribution in [-0.4, -0.2) is 51.3 Å². The summed E-state index contributed by atoms with van der Waals surface area (Å²) in [5.74, 6) is 0.155. The number of benzene rings is 1. The summed E-state index contributed by atoms with van der Waals surface area (Å²) in [6.07, 6.45) is 10.5. The summed E-state index contributed by atoms with van der Waals surface area (Å²) in [6, 6.07) is 6.58. The van der Waals surface area contributed by atoms with E-state index in [2.05, 4.69) is 31.7 Å². The lowest BCUT2D eigenvalue weighted by molar-refractivity contribution is 0.0937. The Hall–Kier alpha value is -3.23. The Morgan fingerprint density at radius 2 is 2.03 bits per heavy atom. The van der Waals surface area contributed by atoms with E-state index in [-0.39, 0.29) is 22.4 Å². The molecule has 5 rings (SSSR count). The first-order chi connectivity index (χ1) is 16.9. The van der Waals surface area contributed by atoms with Crippen molar-refractivity contribution in [3.8, 4) is 5.75 Å². The summed E-state index contributed by atoms with van der Waals surface area (Å²) in [7, 11) is 0. The largest absolute Gasteiger partial charge is 0.506 e. The number of amides is 1. The molecule has 2 aromatic heterocycles. The Morgan fingerprint density at radius 3 is 2.69 bits per heavy atom. The maximum atomic E-state index is 12.5. The van der Waals surface area contributed by atoms with Gasteiger partial charge in [0.1, 0.15) is 11.6 Å². The molecule has 1 amide bonds. The van der Waals surface area contributed by atoms with Crippen LogP contribution in [0.4, 0.5) is 5.82 Å². The lowest BCUT2D eigenvalue weighted by Crippen LogP contribution is -2.37. The number of carbonyl (C=O) groups is 1. The number of nitrogens with one attached hydrogen (secondary N) is 2. The van der Waals surface area contributed by atoms with E-state index >= 15 is 0 Å². The zero-order valence-electron chi connectivity index (χ0n) is 20.0. The number of nitrogens with zero attached hydrogens (tertiary/aromatic N) is 4. The van der Waals surface area contributed by atoms with Crippen LogP contribution < -0.4 is 15.5 Å². The molecule has 2 aliphatic heterocycles. The van der Waals surface area contributed by atoms with E-state index in [1.807, 2.05) is 51.3 Å². The van der Waals surface area contributed by atoms with Crippen molar-refractivity contribution in [2.75, 3.05) is 24.5 Å². The maximum absolute atomic E-state index is 12.5. The van der Waals surface area contributed by atoms with Gasteiger partial charge in [-0.2, -0.15) is 0 Å². The molecule has 8 nitrogen and oxygen atoms in total. The molecule has 2 aliphatic rings. The van der Waals surface area contributed by atoms with E-state index in [4.69, 9.17) is 23.2 Å². The van der Waals surface area contributed by atoms with E-state index in [1.54, 1.807) is 10.7 Å². The molecule has 0 unspecified atom stereocenters. The average molecular weight is 517 g/mol. The van der Waals surface area contributed by atoms with Crippen LogP contribution in [0.1, 0.15) is 36.3 Å². The lowest BCUT2D eigenvalue weighted by Gasteiger charge is -2.18. The number of anilines is 1. The van der Waals surface area contributed by atoms with Crippen molar-refractivity contribution >= 4 is 40.6 Å². The van der Waals surface area contributed by atoms with Crippen LogP contribution in [0.2, 0.25) is 10.0 Å². The monoisotopic (exact) mass is 516 g/mol. The second-order valence-corrected chi connectivity index (χ2v) is 8.59. The highest BCUT2D eigenvalue weighted by atomic mass is 35.5. The Kier molecular flexibility index (Phi) is 9.39. The van der Waals surface area contributed by atoms with E-state index in [0.717, 1.165) is 36.7 Å². The van der Waals surface area contributed by atoms with Gasteiger partial charge in [-0.3, -0.25) is 4.79 Å². The van der Waals surface area contributed by atoms with Crippen molar-refractivity contribution in [1.29, 1.82) is 0 Å². The molecular weight excluding hydrogens is 487 g/mol. The third-order valence-corrected chi connectivity index (χ3v) is 5.84. The van der Waals surface area contributed by atoms with E-state index in [1.165, 1.54) is 12.1 Å². The van der Waals surface area contributed by atoms with Crippen LogP contribution >= 0.6 is 23.2 Å². The summed E-state index contributed by atoms with van der Waals surface area (Å²) in [5, 5.41) is 20.9. The first-order valence-corrected chi connectivity index (χ1v) is 12.3.